The summed E-state index contributed by atoms with van der Waals surface area (Å²) in [5.41, 5.74) is 2.31. The van der Waals surface area contributed by atoms with Crippen LogP contribution in [-0.2, 0) is 0 Å². The van der Waals surface area contributed by atoms with E-state index in [0.717, 1.165) is 37.4 Å². The molecule has 3 rings (SSSR count). The topological polar surface area (TPSA) is 53.6 Å². The van der Waals surface area contributed by atoms with Gasteiger partial charge < -0.3 is 20.3 Å². The lowest BCUT2D eigenvalue weighted by atomic mass is 10.2. The first-order chi connectivity index (χ1) is 14.1. The van der Waals surface area contributed by atoms with Gasteiger partial charge in [0.1, 0.15) is 5.75 Å². The van der Waals surface area contributed by atoms with Crippen molar-refractivity contribution in [3.63, 3.8) is 0 Å². The van der Waals surface area contributed by atoms with Gasteiger partial charge >= 0.3 is 0 Å². The van der Waals surface area contributed by atoms with Gasteiger partial charge in [-0.2, -0.15) is 0 Å². The third-order valence-corrected chi connectivity index (χ3v) is 4.87. The van der Waals surface area contributed by atoms with E-state index in [1.807, 2.05) is 44.4 Å². The number of anilines is 2. The van der Waals surface area contributed by atoms with Gasteiger partial charge in [-0.15, -0.1) is 0 Å². The standard InChI is InChI=1S/C21H25ClN2O2.C2H7N/c1-2-3-14-26-18-9-6-16(7-10-18)21(25)23-20-11-8-17(15-19(20)22)24-12-4-5-13-24;1-3-2/h6-11,15H,2-5,12-14H2,1H3,(H,23,25);3H,1-2H3. The molecule has 0 aliphatic carbocycles. The number of nitrogens with zero attached hydrogens (tertiary/aromatic N) is 1. The van der Waals surface area contributed by atoms with Crippen LogP contribution in [0.3, 0.4) is 0 Å². The van der Waals surface area contributed by atoms with Crippen LogP contribution >= 0.6 is 11.6 Å². The smallest absolute Gasteiger partial charge is 0.255 e. The van der Waals surface area contributed by atoms with E-state index in [2.05, 4.69) is 22.5 Å². The molecule has 1 fully saturated rings. The summed E-state index contributed by atoms with van der Waals surface area (Å²) in [6.45, 7) is 4.95. The van der Waals surface area contributed by atoms with Crippen LogP contribution in [0.5, 0.6) is 5.75 Å². The maximum Gasteiger partial charge on any atom is 0.255 e. The molecule has 0 spiro atoms. The van der Waals surface area contributed by atoms with E-state index in [1.54, 1.807) is 12.1 Å². The van der Waals surface area contributed by atoms with Crippen molar-refractivity contribution in [3.8, 4) is 5.75 Å². The number of rotatable bonds is 7. The number of nitrogens with one attached hydrogen (secondary N) is 2. The third-order valence-electron chi connectivity index (χ3n) is 4.56. The minimum atomic E-state index is -0.180. The molecule has 2 N–H and O–H groups in total. The van der Waals surface area contributed by atoms with Crippen LogP contribution in [0.25, 0.3) is 0 Å². The molecular formula is C23H32ClN3O2. The number of carbonyl (C=O) groups is 1. The van der Waals surface area contributed by atoms with E-state index < -0.39 is 0 Å². The van der Waals surface area contributed by atoms with Gasteiger partial charge in [-0.05, 0) is 75.8 Å². The zero-order chi connectivity index (χ0) is 21.1. The predicted octanol–water partition coefficient (Wildman–Crippen LogP) is 5.21. The van der Waals surface area contributed by atoms with E-state index in [9.17, 15) is 4.79 Å². The Morgan fingerprint density at radius 2 is 1.76 bits per heavy atom. The van der Waals surface area contributed by atoms with E-state index >= 15 is 0 Å². The Kier molecular flexibility index (Phi) is 9.81. The van der Waals surface area contributed by atoms with Gasteiger partial charge in [-0.3, -0.25) is 4.79 Å². The fourth-order valence-electron chi connectivity index (χ4n) is 3.01. The Labute approximate surface area is 179 Å². The first kappa shape index (κ1) is 23.0. The molecule has 1 saturated heterocycles. The van der Waals surface area contributed by atoms with E-state index in [4.69, 9.17) is 16.3 Å². The summed E-state index contributed by atoms with van der Waals surface area (Å²) in [5, 5.41) is 6.19. The van der Waals surface area contributed by atoms with Gasteiger partial charge in [-0.1, -0.05) is 24.9 Å². The summed E-state index contributed by atoms with van der Waals surface area (Å²) in [5.74, 6) is 0.601. The highest BCUT2D eigenvalue weighted by Crippen LogP contribution is 2.29. The van der Waals surface area contributed by atoms with Gasteiger partial charge in [0.05, 0.1) is 17.3 Å². The fraction of sp³-hybridized carbons (Fsp3) is 0.435. The van der Waals surface area contributed by atoms with Crippen molar-refractivity contribution in [3.05, 3.63) is 53.1 Å². The highest BCUT2D eigenvalue weighted by molar-refractivity contribution is 6.34. The fourth-order valence-corrected chi connectivity index (χ4v) is 3.23. The molecule has 0 radical (unpaired) electrons. The van der Waals surface area contributed by atoms with Crippen molar-refractivity contribution in [2.24, 2.45) is 0 Å². The average molecular weight is 418 g/mol. The lowest BCUT2D eigenvalue weighted by molar-refractivity contribution is 0.102. The van der Waals surface area contributed by atoms with Gasteiger partial charge in [0, 0.05) is 24.3 Å². The molecule has 1 amide bonds. The van der Waals surface area contributed by atoms with Crippen LogP contribution in [0.15, 0.2) is 42.5 Å². The Morgan fingerprint density at radius 3 is 2.34 bits per heavy atom. The molecule has 0 atom stereocenters. The maximum atomic E-state index is 12.5. The molecule has 2 aromatic rings. The van der Waals surface area contributed by atoms with Crippen LogP contribution < -0.4 is 20.3 Å². The molecular weight excluding hydrogens is 386 g/mol. The van der Waals surface area contributed by atoms with E-state index in [0.29, 0.717) is 22.9 Å². The summed E-state index contributed by atoms with van der Waals surface area (Å²) in [4.78, 5) is 14.8. The second-order valence-electron chi connectivity index (χ2n) is 7.04. The molecule has 0 saturated carbocycles. The number of unbranched alkanes of at least 4 members (excludes halogenated alkanes) is 1. The SMILES string of the molecule is CCCCOc1ccc(C(=O)Nc2ccc(N3CCCC3)cc2Cl)cc1.CNC. The van der Waals surface area contributed by atoms with Crippen molar-refractivity contribution in [1.82, 2.24) is 5.32 Å². The molecule has 29 heavy (non-hydrogen) atoms. The number of ether oxygens (including phenoxy) is 1. The van der Waals surface area contributed by atoms with Crippen LogP contribution in [0.2, 0.25) is 5.02 Å². The highest BCUT2D eigenvalue weighted by Gasteiger charge is 2.15. The van der Waals surface area contributed by atoms with Crippen LogP contribution in [0.1, 0.15) is 43.0 Å². The lowest BCUT2D eigenvalue weighted by Gasteiger charge is -2.18. The van der Waals surface area contributed by atoms with E-state index in [1.165, 1.54) is 12.8 Å². The van der Waals surface area contributed by atoms with Gasteiger partial charge in [0.2, 0.25) is 0 Å². The molecule has 1 aliphatic heterocycles. The second-order valence-corrected chi connectivity index (χ2v) is 7.45. The zero-order valence-electron chi connectivity index (χ0n) is 17.6. The average Bonchev–Trinajstić information content (AvgIpc) is 3.26. The predicted molar refractivity (Wildman–Crippen MR) is 123 cm³/mol. The van der Waals surface area contributed by atoms with E-state index in [-0.39, 0.29) is 5.91 Å². The largest absolute Gasteiger partial charge is 0.494 e. The molecule has 0 aromatic heterocycles. The maximum absolute atomic E-state index is 12.5. The summed E-state index contributed by atoms with van der Waals surface area (Å²) >= 11 is 6.37. The number of hydrogen-bond acceptors (Lipinski definition) is 4. The zero-order valence-corrected chi connectivity index (χ0v) is 18.4. The quantitative estimate of drug-likeness (QED) is 0.607. The van der Waals surface area contributed by atoms with Crippen molar-refractivity contribution in [2.75, 3.05) is 44.0 Å². The van der Waals surface area contributed by atoms with Gasteiger partial charge in [0.15, 0.2) is 0 Å². The molecule has 6 heteroatoms. The normalized spacial score (nSPS) is 12.9. The third kappa shape index (κ3) is 7.26. The molecule has 158 valence electrons. The van der Waals surface area contributed by atoms with Gasteiger partial charge in [-0.25, -0.2) is 0 Å². The molecule has 0 bridgehead atoms. The number of amides is 1. The summed E-state index contributed by atoms with van der Waals surface area (Å²) in [6, 6.07) is 13.0. The van der Waals surface area contributed by atoms with Crippen molar-refractivity contribution >= 4 is 28.9 Å². The summed E-state index contributed by atoms with van der Waals surface area (Å²) in [7, 11) is 3.75. The first-order valence-corrected chi connectivity index (χ1v) is 10.6. The minimum absolute atomic E-state index is 0.180. The van der Waals surface area contributed by atoms with Crippen molar-refractivity contribution in [2.45, 2.75) is 32.6 Å². The Bertz CT molecular complexity index is 759. The number of benzene rings is 2. The van der Waals surface area contributed by atoms with Crippen LogP contribution in [0, 0.1) is 0 Å². The van der Waals surface area contributed by atoms with Crippen molar-refractivity contribution < 1.29 is 9.53 Å². The molecule has 5 nitrogen and oxygen atoms in total. The molecule has 1 aliphatic rings. The second kappa shape index (κ2) is 12.3. The Balaban J connectivity index is 0.000000941. The van der Waals surface area contributed by atoms with Crippen LogP contribution in [0.4, 0.5) is 11.4 Å². The Hall–Kier alpha value is -2.24. The number of carbonyl (C=O) groups excluding carboxylic acids is 1. The minimum Gasteiger partial charge on any atom is -0.494 e. The number of halogens is 1. The monoisotopic (exact) mass is 417 g/mol. The Morgan fingerprint density at radius 1 is 1.10 bits per heavy atom. The first-order valence-electron chi connectivity index (χ1n) is 10.3. The van der Waals surface area contributed by atoms with Crippen LogP contribution in [-0.4, -0.2) is 39.7 Å². The molecule has 0 unspecified atom stereocenters. The van der Waals surface area contributed by atoms with Gasteiger partial charge in [0.25, 0.3) is 5.91 Å². The number of hydrogen-bond donors (Lipinski definition) is 2. The van der Waals surface area contributed by atoms with Crippen molar-refractivity contribution in [1.29, 1.82) is 0 Å². The highest BCUT2D eigenvalue weighted by atomic mass is 35.5. The molecule has 1 heterocycles. The summed E-state index contributed by atoms with van der Waals surface area (Å²) < 4.78 is 5.62. The molecule has 2 aromatic carbocycles. The summed E-state index contributed by atoms with van der Waals surface area (Å²) in [6.07, 6.45) is 4.55. The lowest BCUT2D eigenvalue weighted by Crippen LogP contribution is -2.18.